The van der Waals surface area contributed by atoms with E-state index in [0.29, 0.717) is 11.5 Å². The molecule has 0 aromatic heterocycles. The summed E-state index contributed by atoms with van der Waals surface area (Å²) in [5.74, 6) is 0.361. The normalized spacial score (nSPS) is 29.6. The summed E-state index contributed by atoms with van der Waals surface area (Å²) < 4.78 is 20.1. The fourth-order valence-electron chi connectivity index (χ4n) is 2.82. The number of benzene rings is 1. The number of hydrogen-bond acceptors (Lipinski definition) is 4. The van der Waals surface area contributed by atoms with Crippen LogP contribution in [-0.2, 0) is 10.3 Å². The Morgan fingerprint density at radius 1 is 1.55 bits per heavy atom. The van der Waals surface area contributed by atoms with Crippen molar-refractivity contribution in [1.82, 2.24) is 0 Å². The summed E-state index contributed by atoms with van der Waals surface area (Å²) in [5.41, 5.74) is 13.2. The van der Waals surface area contributed by atoms with Crippen LogP contribution < -0.4 is 16.9 Å². The van der Waals surface area contributed by atoms with Crippen LogP contribution in [0.3, 0.4) is 0 Å². The van der Waals surface area contributed by atoms with Gasteiger partial charge < -0.3 is 16.2 Å². The highest BCUT2D eigenvalue weighted by molar-refractivity contribution is 7.22. The molecule has 1 aliphatic rings. The standard InChI is InChI=1S/C12H19B2FN3OP/c1-11(7-4-6(16)2-3-8(7)13)10(12(14,15)20)19-5-9(17)18-11/h2-4,10H,5,13-14,16,20H2,1H3,(H2,17,18). The Kier molecular flexibility index (Phi) is 3.87. The maximum atomic E-state index is 14.5. The summed E-state index contributed by atoms with van der Waals surface area (Å²) in [6.45, 7) is 1.96. The number of nitrogen functional groups attached to an aromatic ring is 1. The Morgan fingerprint density at radius 2 is 2.20 bits per heavy atom. The fraction of sp³-hybridized carbons (Fsp3) is 0.417. The van der Waals surface area contributed by atoms with E-state index in [1.807, 2.05) is 33.0 Å². The first-order valence-electron chi connectivity index (χ1n) is 6.45. The summed E-state index contributed by atoms with van der Waals surface area (Å²) in [7, 11) is 5.58. The van der Waals surface area contributed by atoms with Gasteiger partial charge in [-0.25, -0.2) is 4.39 Å². The second kappa shape index (κ2) is 5.05. The van der Waals surface area contributed by atoms with Gasteiger partial charge in [-0.15, -0.1) is 9.24 Å². The van der Waals surface area contributed by atoms with Crippen LogP contribution in [0.2, 0.25) is 0 Å². The van der Waals surface area contributed by atoms with E-state index in [-0.39, 0.29) is 6.61 Å². The maximum Gasteiger partial charge on any atom is 0.158 e. The maximum absolute atomic E-state index is 14.5. The third kappa shape index (κ3) is 2.70. The molecule has 0 spiro atoms. The van der Waals surface area contributed by atoms with E-state index in [2.05, 4.69) is 14.2 Å². The number of halogens is 1. The Morgan fingerprint density at radius 3 is 2.80 bits per heavy atom. The van der Waals surface area contributed by atoms with Gasteiger partial charge >= 0.3 is 0 Å². The third-order valence-electron chi connectivity index (χ3n) is 3.60. The second-order valence-electron chi connectivity index (χ2n) is 5.67. The summed E-state index contributed by atoms with van der Waals surface area (Å²) in [6.07, 6.45) is -0.757. The molecule has 1 aromatic carbocycles. The molecular weight excluding hydrogens is 274 g/mol. The van der Waals surface area contributed by atoms with Crippen molar-refractivity contribution >= 4 is 41.9 Å². The van der Waals surface area contributed by atoms with E-state index < -0.39 is 17.0 Å². The number of rotatable bonds is 2. The molecule has 0 aliphatic carbocycles. The molecule has 0 radical (unpaired) electrons. The average molecular weight is 293 g/mol. The number of nitrogens with two attached hydrogens (primary N) is 2. The van der Waals surface area contributed by atoms with Crippen molar-refractivity contribution in [3.05, 3.63) is 23.8 Å². The quantitative estimate of drug-likeness (QED) is 0.401. The van der Waals surface area contributed by atoms with Crippen LogP contribution in [0.5, 0.6) is 0 Å². The first kappa shape index (κ1) is 15.3. The number of anilines is 1. The molecule has 0 fully saturated rings. The van der Waals surface area contributed by atoms with E-state index in [9.17, 15) is 4.39 Å². The molecule has 4 nitrogen and oxygen atoms in total. The predicted octanol–water partition coefficient (Wildman–Crippen LogP) is -1.37. The molecule has 1 heterocycles. The third-order valence-corrected chi connectivity index (χ3v) is 3.91. The van der Waals surface area contributed by atoms with Gasteiger partial charge in [0.25, 0.3) is 0 Å². The van der Waals surface area contributed by atoms with Crippen LogP contribution in [0.4, 0.5) is 10.1 Å². The molecule has 0 bridgehead atoms. The Hall–Kier alpha value is -1.06. The first-order chi connectivity index (χ1) is 9.14. The van der Waals surface area contributed by atoms with Crippen molar-refractivity contribution < 1.29 is 9.13 Å². The monoisotopic (exact) mass is 293 g/mol. The molecule has 2 rings (SSSR count). The topological polar surface area (TPSA) is 73.6 Å². The van der Waals surface area contributed by atoms with Gasteiger partial charge in [0.1, 0.15) is 37.2 Å². The SMILES string of the molecule is Bc1ccc(N)cc1C1(C)N=C(N)COC1C(B)(F)P. The molecule has 8 heteroatoms. The lowest BCUT2D eigenvalue weighted by atomic mass is 9.73. The highest BCUT2D eigenvalue weighted by Crippen LogP contribution is 2.41. The van der Waals surface area contributed by atoms with Gasteiger partial charge in [-0.3, -0.25) is 4.99 Å². The minimum Gasteiger partial charge on any atom is -0.399 e. The van der Waals surface area contributed by atoms with Crippen LogP contribution >= 0.6 is 9.24 Å². The van der Waals surface area contributed by atoms with Gasteiger partial charge in [0.2, 0.25) is 0 Å². The number of nitrogens with zero attached hydrogens (tertiary/aromatic N) is 1. The zero-order chi connectivity index (χ0) is 15.1. The van der Waals surface area contributed by atoms with E-state index >= 15 is 0 Å². The van der Waals surface area contributed by atoms with Crippen LogP contribution in [0, 0.1) is 0 Å². The minimum atomic E-state index is -1.63. The molecule has 4 unspecified atom stereocenters. The van der Waals surface area contributed by atoms with Gasteiger partial charge in [-0.05, 0) is 24.6 Å². The van der Waals surface area contributed by atoms with Gasteiger partial charge in [-0.1, -0.05) is 11.5 Å². The lowest BCUT2D eigenvalue weighted by Gasteiger charge is -2.43. The van der Waals surface area contributed by atoms with E-state index in [0.717, 1.165) is 11.0 Å². The van der Waals surface area contributed by atoms with E-state index in [4.69, 9.17) is 16.2 Å². The van der Waals surface area contributed by atoms with Gasteiger partial charge in [-0.2, -0.15) is 0 Å². The molecule has 106 valence electrons. The van der Waals surface area contributed by atoms with Crippen molar-refractivity contribution in [2.45, 2.75) is 23.9 Å². The summed E-state index contributed by atoms with van der Waals surface area (Å²) >= 11 is 0. The lowest BCUT2D eigenvalue weighted by Crippen LogP contribution is -2.55. The van der Waals surface area contributed by atoms with Gasteiger partial charge in [0, 0.05) is 5.69 Å². The summed E-state index contributed by atoms with van der Waals surface area (Å²) in [6, 6.07) is 5.51. The van der Waals surface area contributed by atoms with Crippen molar-refractivity contribution in [3.63, 3.8) is 0 Å². The molecule has 0 amide bonds. The Labute approximate surface area is 122 Å². The van der Waals surface area contributed by atoms with Crippen molar-refractivity contribution in [2.75, 3.05) is 12.3 Å². The number of ether oxygens (including phenoxy) is 1. The number of hydrogen-bond donors (Lipinski definition) is 2. The molecule has 4 atom stereocenters. The zero-order valence-corrected chi connectivity index (χ0v) is 13.1. The van der Waals surface area contributed by atoms with Crippen molar-refractivity contribution in [3.8, 4) is 0 Å². The van der Waals surface area contributed by atoms with Gasteiger partial charge in [0.05, 0.1) is 0 Å². The summed E-state index contributed by atoms with van der Waals surface area (Å²) in [4.78, 5) is 4.49. The molecule has 20 heavy (non-hydrogen) atoms. The van der Waals surface area contributed by atoms with Crippen LogP contribution in [0.15, 0.2) is 23.2 Å². The average Bonchev–Trinajstić information content (AvgIpc) is 2.30. The molecule has 1 aromatic rings. The molecule has 1 aliphatic heterocycles. The largest absolute Gasteiger partial charge is 0.399 e. The van der Waals surface area contributed by atoms with Crippen molar-refractivity contribution in [1.29, 1.82) is 0 Å². The van der Waals surface area contributed by atoms with Gasteiger partial charge in [0.15, 0.2) is 7.85 Å². The number of aliphatic imine (C=N–C) groups is 1. The molecular formula is C12H19B2FN3OP. The Balaban J connectivity index is 2.63. The fourth-order valence-corrected chi connectivity index (χ4v) is 3.24. The number of alkyl halides is 1. The lowest BCUT2D eigenvalue weighted by molar-refractivity contribution is -0.0272. The number of amidine groups is 1. The highest BCUT2D eigenvalue weighted by atomic mass is 31.0. The van der Waals surface area contributed by atoms with E-state index in [1.165, 1.54) is 7.85 Å². The smallest absolute Gasteiger partial charge is 0.158 e. The summed E-state index contributed by atoms with van der Waals surface area (Å²) in [5, 5.41) is -1.63. The van der Waals surface area contributed by atoms with Crippen LogP contribution in [0.25, 0.3) is 0 Å². The molecule has 4 N–H and O–H groups in total. The zero-order valence-electron chi connectivity index (χ0n) is 12.0. The first-order valence-corrected chi connectivity index (χ1v) is 7.02. The second-order valence-corrected chi connectivity index (χ2v) is 6.80. The molecule has 0 saturated heterocycles. The molecule has 0 saturated carbocycles. The Bertz CT molecular complexity index is 564. The minimum absolute atomic E-state index is 0.134. The van der Waals surface area contributed by atoms with Crippen molar-refractivity contribution in [2.24, 2.45) is 10.7 Å². The predicted molar refractivity (Wildman–Crippen MR) is 89.8 cm³/mol. The highest BCUT2D eigenvalue weighted by Gasteiger charge is 2.49. The van der Waals surface area contributed by atoms with Crippen LogP contribution in [0.1, 0.15) is 12.5 Å². The van der Waals surface area contributed by atoms with E-state index in [1.54, 1.807) is 0 Å². The van der Waals surface area contributed by atoms with Crippen LogP contribution in [-0.4, -0.2) is 39.5 Å².